The number of aliphatic hydroxyl groups is 1. The van der Waals surface area contributed by atoms with Gasteiger partial charge in [0.2, 0.25) is 5.91 Å². The quantitative estimate of drug-likeness (QED) is 0.615. The van der Waals surface area contributed by atoms with E-state index in [4.69, 9.17) is 4.74 Å². The van der Waals surface area contributed by atoms with Crippen LogP contribution in [0.5, 0.6) is 0 Å². The van der Waals surface area contributed by atoms with E-state index in [1.807, 2.05) is 24.3 Å². The van der Waals surface area contributed by atoms with Gasteiger partial charge in [-0.25, -0.2) is 9.18 Å². The summed E-state index contributed by atoms with van der Waals surface area (Å²) in [7, 11) is 1.62. The van der Waals surface area contributed by atoms with Crippen LogP contribution in [0.2, 0.25) is 0 Å². The molecule has 7 nitrogen and oxygen atoms in total. The lowest BCUT2D eigenvalue weighted by atomic mass is 10.1. The van der Waals surface area contributed by atoms with E-state index in [1.54, 1.807) is 13.1 Å². The van der Waals surface area contributed by atoms with Crippen LogP contribution >= 0.6 is 0 Å². The largest absolute Gasteiger partial charge is 0.454 e. The summed E-state index contributed by atoms with van der Waals surface area (Å²) < 4.78 is 19.1. The van der Waals surface area contributed by atoms with Gasteiger partial charge >= 0.3 is 5.97 Å². The molecule has 1 aliphatic heterocycles. The minimum Gasteiger partial charge on any atom is -0.454 e. The highest BCUT2D eigenvalue weighted by Gasteiger charge is 2.40. The van der Waals surface area contributed by atoms with Crippen LogP contribution in [0.3, 0.4) is 0 Å². The Labute approximate surface area is 192 Å². The van der Waals surface area contributed by atoms with Gasteiger partial charge in [-0.05, 0) is 29.2 Å². The zero-order chi connectivity index (χ0) is 24.0. The highest BCUT2D eigenvalue weighted by atomic mass is 19.1. The van der Waals surface area contributed by atoms with Gasteiger partial charge in [0.1, 0.15) is 11.9 Å². The Morgan fingerprint density at radius 1 is 1.12 bits per heavy atom. The van der Waals surface area contributed by atoms with Crippen molar-refractivity contribution in [3.63, 3.8) is 0 Å². The number of halogens is 1. The molecule has 2 aromatic rings. The number of likely N-dealkylation sites (N-methyl/N-ethyl adjacent to an activating group) is 1. The van der Waals surface area contributed by atoms with Gasteiger partial charge in [0, 0.05) is 26.6 Å². The SMILES string of the molecule is CCc1ccc(CN(C)C(=O)COC(=O)C2CC(O)CN2C(=O)Cc2ccccc2F)cc1. The number of hydrogen-bond donors (Lipinski definition) is 1. The lowest BCUT2D eigenvalue weighted by molar-refractivity contribution is -0.157. The number of aliphatic hydroxyl groups excluding tert-OH is 1. The van der Waals surface area contributed by atoms with Crippen LogP contribution in [0.15, 0.2) is 48.5 Å². The van der Waals surface area contributed by atoms with Crippen molar-refractivity contribution in [1.29, 1.82) is 0 Å². The number of benzene rings is 2. The Hall–Kier alpha value is -3.26. The van der Waals surface area contributed by atoms with E-state index in [2.05, 4.69) is 6.92 Å². The maximum atomic E-state index is 13.9. The Kier molecular flexibility index (Phi) is 8.16. The molecule has 8 heteroatoms. The number of rotatable bonds is 8. The van der Waals surface area contributed by atoms with Crippen LogP contribution < -0.4 is 0 Å². The Morgan fingerprint density at radius 3 is 2.45 bits per heavy atom. The zero-order valence-electron chi connectivity index (χ0n) is 18.9. The Bertz CT molecular complexity index is 995. The number of esters is 1. The molecule has 33 heavy (non-hydrogen) atoms. The molecule has 3 rings (SSSR count). The summed E-state index contributed by atoms with van der Waals surface area (Å²) in [4.78, 5) is 40.4. The standard InChI is InChI=1S/C25H29FN2O5/c1-3-17-8-10-18(11-9-17)14-27(2)24(31)16-33-25(32)22-13-20(29)15-28(22)23(30)12-19-6-4-5-7-21(19)26/h4-11,20,22,29H,3,12-16H2,1-2H3. The van der Waals surface area contributed by atoms with Gasteiger partial charge in [-0.1, -0.05) is 49.4 Å². The van der Waals surface area contributed by atoms with Crippen LogP contribution in [0.4, 0.5) is 4.39 Å². The fourth-order valence-corrected chi connectivity index (χ4v) is 3.80. The number of aryl methyl sites for hydroxylation is 1. The summed E-state index contributed by atoms with van der Waals surface area (Å²) >= 11 is 0. The van der Waals surface area contributed by atoms with E-state index >= 15 is 0 Å². The van der Waals surface area contributed by atoms with Crippen molar-refractivity contribution < 1.29 is 28.6 Å². The maximum Gasteiger partial charge on any atom is 0.329 e. The molecule has 0 bridgehead atoms. The van der Waals surface area contributed by atoms with Crippen LogP contribution in [0.1, 0.15) is 30.0 Å². The molecule has 0 aromatic heterocycles. The van der Waals surface area contributed by atoms with Gasteiger partial charge < -0.3 is 19.6 Å². The first-order chi connectivity index (χ1) is 15.8. The number of amides is 2. The first-order valence-electron chi connectivity index (χ1n) is 11.0. The number of carbonyl (C=O) groups excluding carboxylic acids is 3. The van der Waals surface area contributed by atoms with Gasteiger partial charge in [0.05, 0.1) is 12.5 Å². The minimum absolute atomic E-state index is 0.00958. The molecule has 0 radical (unpaired) electrons. The molecule has 1 heterocycles. The third-order valence-electron chi connectivity index (χ3n) is 5.79. The number of hydrogen-bond acceptors (Lipinski definition) is 5. The molecule has 0 spiro atoms. The van der Waals surface area contributed by atoms with Crippen LogP contribution in [0, 0.1) is 5.82 Å². The Morgan fingerprint density at radius 2 is 1.79 bits per heavy atom. The molecular weight excluding hydrogens is 427 g/mol. The summed E-state index contributed by atoms with van der Waals surface area (Å²) in [6, 6.07) is 12.8. The second kappa shape index (κ2) is 11.0. The monoisotopic (exact) mass is 456 g/mol. The number of β-amino-alcohol motifs (C(OH)–C–C–N with tert-alkyl or cyclic N) is 1. The molecule has 0 saturated carbocycles. The normalized spacial score (nSPS) is 17.6. The topological polar surface area (TPSA) is 87.2 Å². The van der Waals surface area contributed by atoms with Crippen LogP contribution in [-0.2, 0) is 38.5 Å². The predicted octanol–water partition coefficient (Wildman–Crippen LogP) is 2.09. The Balaban J connectivity index is 1.54. The maximum absolute atomic E-state index is 13.9. The smallest absolute Gasteiger partial charge is 0.329 e. The van der Waals surface area contributed by atoms with E-state index in [-0.39, 0.29) is 30.9 Å². The number of carbonyl (C=O) groups is 3. The van der Waals surface area contributed by atoms with E-state index in [9.17, 15) is 23.9 Å². The molecule has 176 valence electrons. The van der Waals surface area contributed by atoms with Gasteiger partial charge in [0.15, 0.2) is 6.61 Å². The summed E-state index contributed by atoms with van der Waals surface area (Å²) in [6.07, 6.45) is -0.186. The lowest BCUT2D eigenvalue weighted by Gasteiger charge is -2.24. The van der Waals surface area contributed by atoms with Crippen molar-refractivity contribution in [2.45, 2.75) is 44.9 Å². The van der Waals surface area contributed by atoms with Crippen molar-refractivity contribution in [2.24, 2.45) is 0 Å². The summed E-state index contributed by atoms with van der Waals surface area (Å²) in [5.74, 6) is -2.14. The summed E-state index contributed by atoms with van der Waals surface area (Å²) in [5.41, 5.74) is 2.37. The van der Waals surface area contributed by atoms with Crippen molar-refractivity contribution in [3.8, 4) is 0 Å². The average molecular weight is 457 g/mol. The van der Waals surface area contributed by atoms with E-state index in [1.165, 1.54) is 33.6 Å². The molecule has 1 fully saturated rings. The van der Waals surface area contributed by atoms with Gasteiger partial charge in [0.25, 0.3) is 5.91 Å². The molecule has 0 aliphatic carbocycles. The van der Waals surface area contributed by atoms with Crippen LogP contribution in [0.25, 0.3) is 0 Å². The first kappa shape index (κ1) is 24.4. The molecule has 1 N–H and O–H groups in total. The van der Waals surface area contributed by atoms with Crippen molar-refractivity contribution >= 4 is 17.8 Å². The van der Waals surface area contributed by atoms with Gasteiger partial charge in [-0.2, -0.15) is 0 Å². The number of likely N-dealkylation sites (tertiary alicyclic amines) is 1. The summed E-state index contributed by atoms with van der Waals surface area (Å²) in [5, 5.41) is 10.0. The van der Waals surface area contributed by atoms with E-state index in [0.29, 0.717) is 6.54 Å². The van der Waals surface area contributed by atoms with Crippen molar-refractivity contribution in [3.05, 3.63) is 71.0 Å². The molecule has 2 aromatic carbocycles. The molecular formula is C25H29FN2O5. The second-order valence-electron chi connectivity index (χ2n) is 8.25. The van der Waals surface area contributed by atoms with Crippen molar-refractivity contribution in [1.82, 2.24) is 9.80 Å². The van der Waals surface area contributed by atoms with Crippen molar-refractivity contribution in [2.75, 3.05) is 20.2 Å². The summed E-state index contributed by atoms with van der Waals surface area (Å²) in [6.45, 7) is 1.92. The first-order valence-corrected chi connectivity index (χ1v) is 11.0. The average Bonchev–Trinajstić information content (AvgIpc) is 3.21. The highest BCUT2D eigenvalue weighted by molar-refractivity contribution is 5.88. The minimum atomic E-state index is -1.01. The van der Waals surface area contributed by atoms with Gasteiger partial charge in [-0.15, -0.1) is 0 Å². The molecule has 2 atom stereocenters. The van der Waals surface area contributed by atoms with E-state index in [0.717, 1.165) is 12.0 Å². The lowest BCUT2D eigenvalue weighted by Crippen LogP contribution is -2.43. The van der Waals surface area contributed by atoms with Gasteiger partial charge in [-0.3, -0.25) is 9.59 Å². The predicted molar refractivity (Wildman–Crippen MR) is 119 cm³/mol. The third-order valence-corrected chi connectivity index (χ3v) is 5.79. The molecule has 2 unspecified atom stereocenters. The molecule has 1 saturated heterocycles. The van der Waals surface area contributed by atoms with Crippen LogP contribution in [-0.4, -0.2) is 65.0 Å². The molecule has 1 aliphatic rings. The zero-order valence-corrected chi connectivity index (χ0v) is 18.9. The van der Waals surface area contributed by atoms with E-state index < -0.39 is 36.4 Å². The second-order valence-corrected chi connectivity index (χ2v) is 8.25. The highest BCUT2D eigenvalue weighted by Crippen LogP contribution is 2.21. The third kappa shape index (κ3) is 6.38. The molecule has 2 amide bonds. The fourth-order valence-electron chi connectivity index (χ4n) is 3.80. The fraction of sp³-hybridized carbons (Fsp3) is 0.400. The number of nitrogens with zero attached hydrogens (tertiary/aromatic N) is 2. The number of ether oxygens (including phenoxy) is 1.